The molecule has 3 heteroatoms. The lowest BCUT2D eigenvalue weighted by Crippen LogP contribution is -2.11. The van der Waals surface area contributed by atoms with Gasteiger partial charge in [-0.1, -0.05) is 121 Å². The van der Waals surface area contributed by atoms with Gasteiger partial charge in [0.2, 0.25) is 0 Å². The number of furan rings is 2. The van der Waals surface area contributed by atoms with Gasteiger partial charge in [-0.3, -0.25) is 0 Å². The fourth-order valence-corrected chi connectivity index (χ4v) is 6.19. The highest BCUT2D eigenvalue weighted by Crippen LogP contribution is 2.47. The summed E-state index contributed by atoms with van der Waals surface area (Å²) in [5.74, 6) is 0. The van der Waals surface area contributed by atoms with Crippen molar-refractivity contribution >= 4 is 71.7 Å². The van der Waals surface area contributed by atoms with E-state index in [4.69, 9.17) is 21.2 Å². The monoisotopic (exact) mass is 644 g/mol. The normalized spacial score (nSPS) is 16.5. The van der Waals surface area contributed by atoms with Crippen LogP contribution in [0.1, 0.15) is 23.3 Å². The van der Waals surface area contributed by atoms with E-state index in [0.717, 1.165) is 10.3 Å². The molecule has 8 aromatic carbocycles. The molecule has 0 bridgehead atoms. The molecule has 2 heterocycles. The summed E-state index contributed by atoms with van der Waals surface area (Å²) in [5, 5.41) is -0.180. The first kappa shape index (κ1) is 15.5. The largest absolute Gasteiger partial charge is 0.456 e. The molecule has 0 spiro atoms. The van der Waals surface area contributed by atoms with Crippen LogP contribution in [-0.2, 0) is 0 Å². The van der Waals surface area contributed by atoms with Crippen LogP contribution in [0.25, 0.3) is 76.9 Å². The lowest BCUT2D eigenvalue weighted by molar-refractivity contribution is 0.669. The first-order chi connectivity index (χ1) is 31.4. The summed E-state index contributed by atoms with van der Waals surface area (Å²) in [6.45, 7) is 0. The van der Waals surface area contributed by atoms with Crippen molar-refractivity contribution in [1.82, 2.24) is 0 Å². The molecule has 0 saturated carbocycles. The maximum Gasteiger partial charge on any atom is 0.143 e. The van der Waals surface area contributed by atoms with E-state index in [9.17, 15) is 11.0 Å². The molecule has 0 aliphatic heterocycles. The lowest BCUT2D eigenvalue weighted by atomic mass is 9.99. The van der Waals surface area contributed by atoms with E-state index in [2.05, 4.69) is 0 Å². The van der Waals surface area contributed by atoms with Gasteiger partial charge < -0.3 is 13.7 Å². The minimum atomic E-state index is -0.846. The zero-order valence-electron chi connectivity index (χ0n) is 42.2. The van der Waals surface area contributed by atoms with Crippen molar-refractivity contribution in [3.05, 3.63) is 176 Å². The van der Waals surface area contributed by atoms with Crippen molar-refractivity contribution in [2.75, 3.05) is 4.90 Å². The molecule has 0 aliphatic carbocycles. The molecule has 0 radical (unpaired) electrons. The van der Waals surface area contributed by atoms with Gasteiger partial charge in [-0.2, -0.15) is 0 Å². The number of nitrogens with zero attached hydrogens (tertiary/aromatic N) is 1. The van der Waals surface area contributed by atoms with Gasteiger partial charge in [0.1, 0.15) is 22.3 Å². The second-order valence-electron chi connectivity index (χ2n) is 11.2. The van der Waals surface area contributed by atoms with E-state index in [1.165, 1.54) is 12.1 Å². The summed E-state index contributed by atoms with van der Waals surface area (Å²) in [7, 11) is 0. The molecule has 2 aromatic heterocycles. The highest BCUT2D eigenvalue weighted by atomic mass is 16.3. The third-order valence-corrected chi connectivity index (χ3v) is 8.41. The van der Waals surface area contributed by atoms with Crippen molar-refractivity contribution in [3.63, 3.8) is 0 Å². The Morgan fingerprint density at radius 1 is 0.449 bits per heavy atom. The number of para-hydroxylation sites is 2. The number of rotatable bonds is 5. The van der Waals surface area contributed by atoms with Crippen molar-refractivity contribution in [3.8, 4) is 22.3 Å². The van der Waals surface area contributed by atoms with Gasteiger partial charge in [0.25, 0.3) is 0 Å². The van der Waals surface area contributed by atoms with Crippen LogP contribution < -0.4 is 4.90 Å². The summed E-state index contributed by atoms with van der Waals surface area (Å²) in [4.78, 5) is 0.891. The molecule has 0 saturated heterocycles. The van der Waals surface area contributed by atoms with E-state index in [-0.39, 0.29) is 38.4 Å². The van der Waals surface area contributed by atoms with Crippen molar-refractivity contribution < 1.29 is 32.1 Å². The predicted octanol–water partition coefficient (Wildman–Crippen LogP) is 13.4. The molecule has 0 unspecified atom stereocenters. The predicted molar refractivity (Wildman–Crippen MR) is 204 cm³/mol. The Morgan fingerprint density at radius 2 is 1.22 bits per heavy atom. The van der Waals surface area contributed by atoms with E-state index in [0.29, 0.717) is 16.6 Å². The van der Waals surface area contributed by atoms with Crippen LogP contribution in [0.15, 0.2) is 184 Å². The molecule has 49 heavy (non-hydrogen) atoms. The van der Waals surface area contributed by atoms with Crippen LogP contribution in [0.5, 0.6) is 0 Å². The van der Waals surface area contributed by atoms with E-state index >= 15 is 0 Å². The summed E-state index contributed by atoms with van der Waals surface area (Å²) in [5.41, 5.74) is -1.57. The van der Waals surface area contributed by atoms with Crippen molar-refractivity contribution in [2.45, 2.75) is 0 Å². The summed E-state index contributed by atoms with van der Waals surface area (Å²) < 4.78 is 168. The van der Waals surface area contributed by atoms with Crippen LogP contribution in [-0.4, -0.2) is 0 Å². The molecule has 10 aromatic rings. The van der Waals surface area contributed by atoms with Gasteiger partial charge in [0.05, 0.1) is 40.1 Å². The van der Waals surface area contributed by atoms with Crippen molar-refractivity contribution in [1.29, 1.82) is 0 Å². The molecule has 10 rings (SSSR count). The standard InChI is InChI=1S/C46H29NO2/c1-2-11-31(12-3-1)35-14-6-8-17-40(35)47(41-18-10-20-44-45(41)38-27-23-32-13-4-5-15-36(32)46(38)49-44)34-25-21-30(22-26-34)33-24-28-43-39(29-33)37-16-7-9-19-42(37)48-43/h1-29H/i4D,5D,6D,8D,10D,13D,14D,15D,17D,18D,20D,21D,22D,23D,25D,26D,27D. The molecule has 0 fully saturated rings. The Kier molecular flexibility index (Phi) is 3.49. The third kappa shape index (κ3) is 4.44. The third-order valence-electron chi connectivity index (χ3n) is 8.41. The average molecular weight is 645 g/mol. The van der Waals surface area contributed by atoms with Gasteiger partial charge >= 0.3 is 0 Å². The number of fused-ring (bicyclic) bond motifs is 8. The number of hydrogen-bond donors (Lipinski definition) is 0. The molecular formula is C46H29NO2. The molecular weight excluding hydrogens is 599 g/mol. The first-order valence-corrected chi connectivity index (χ1v) is 15.2. The summed E-state index contributed by atoms with van der Waals surface area (Å²) >= 11 is 0. The average Bonchev–Trinajstić information content (AvgIpc) is 3.89. The Labute approximate surface area is 306 Å². The summed E-state index contributed by atoms with van der Waals surface area (Å²) in [6, 6.07) is 7.91. The van der Waals surface area contributed by atoms with Crippen LogP contribution in [0.4, 0.5) is 17.1 Å². The summed E-state index contributed by atoms with van der Waals surface area (Å²) in [6.07, 6.45) is 0. The second-order valence-corrected chi connectivity index (χ2v) is 11.2. The first-order valence-electron chi connectivity index (χ1n) is 23.7. The van der Waals surface area contributed by atoms with Gasteiger partial charge in [0.15, 0.2) is 0 Å². The SMILES string of the molecule is [2H]c1c([2H])c([2H])c(N(c2c([2H])c([2H])c(-c3ccc4oc5ccccc5c4c3)c([2H])c2[2H])c2c([2H])c([2H])c([2H])c3oc4c5c([2H])c([2H])c([2H])c([2H])c5c([2H])c([2H])c4c23)c(-c2ccccc2)c1[2H]. The van der Waals surface area contributed by atoms with E-state index < -0.39 is 136 Å². The Morgan fingerprint density at radius 3 is 2.14 bits per heavy atom. The Bertz CT molecular complexity index is 3780. The molecule has 0 atom stereocenters. The van der Waals surface area contributed by atoms with Gasteiger partial charge in [-0.15, -0.1) is 0 Å². The molecule has 0 aliphatic rings. The topological polar surface area (TPSA) is 29.5 Å². The molecule has 230 valence electrons. The fourth-order valence-electron chi connectivity index (χ4n) is 6.19. The minimum absolute atomic E-state index is 0.153. The van der Waals surface area contributed by atoms with Crippen LogP contribution in [0, 0.1) is 0 Å². The zero-order chi connectivity index (χ0) is 47.1. The molecule has 0 N–H and O–H groups in total. The second kappa shape index (κ2) is 11.0. The smallest absolute Gasteiger partial charge is 0.143 e. The minimum Gasteiger partial charge on any atom is -0.456 e. The van der Waals surface area contributed by atoms with Crippen molar-refractivity contribution in [2.24, 2.45) is 0 Å². The lowest BCUT2D eigenvalue weighted by Gasteiger charge is -2.28. The number of anilines is 3. The Hall–Kier alpha value is -6.58. The highest BCUT2D eigenvalue weighted by Gasteiger charge is 2.22. The van der Waals surface area contributed by atoms with Gasteiger partial charge in [-0.25, -0.2) is 0 Å². The highest BCUT2D eigenvalue weighted by molar-refractivity contribution is 6.20. The van der Waals surface area contributed by atoms with Crippen LogP contribution in [0.3, 0.4) is 0 Å². The number of hydrogen-bond acceptors (Lipinski definition) is 3. The molecule has 3 nitrogen and oxygen atoms in total. The zero-order valence-corrected chi connectivity index (χ0v) is 25.2. The van der Waals surface area contributed by atoms with Gasteiger partial charge in [-0.05, 0) is 76.5 Å². The quantitative estimate of drug-likeness (QED) is 0.187. The van der Waals surface area contributed by atoms with E-state index in [1.54, 1.807) is 48.5 Å². The Balaban J connectivity index is 1.41. The number of benzene rings is 8. The van der Waals surface area contributed by atoms with E-state index in [1.807, 2.05) is 12.1 Å². The fraction of sp³-hybridized carbons (Fsp3) is 0. The van der Waals surface area contributed by atoms with Crippen LogP contribution >= 0.6 is 0 Å². The maximum absolute atomic E-state index is 9.73. The van der Waals surface area contributed by atoms with Gasteiger partial charge in [0, 0.05) is 32.8 Å². The van der Waals surface area contributed by atoms with Crippen LogP contribution in [0.2, 0.25) is 0 Å². The molecule has 0 amide bonds. The maximum atomic E-state index is 9.73.